The van der Waals surface area contributed by atoms with Crippen molar-refractivity contribution in [2.75, 3.05) is 37.7 Å². The van der Waals surface area contributed by atoms with Crippen molar-refractivity contribution in [3.63, 3.8) is 0 Å². The maximum atomic E-state index is 16.2. The number of fused-ring (bicyclic) bond motifs is 4. The second-order valence-electron chi connectivity index (χ2n) is 11.4. The van der Waals surface area contributed by atoms with Crippen LogP contribution in [0.3, 0.4) is 0 Å². The quantitative estimate of drug-likeness (QED) is 0.524. The third-order valence-corrected chi connectivity index (χ3v) is 8.88. The maximum Gasteiger partial charge on any atom is 0.319 e. The molecule has 4 aliphatic heterocycles. The minimum atomic E-state index is -0.865. The molecule has 4 aliphatic rings. The molecule has 0 saturated carbocycles. The molecule has 6 heterocycles. The predicted molar refractivity (Wildman–Crippen MR) is 140 cm³/mol. The minimum Gasteiger partial charge on any atom is -0.507 e. The molecular formula is C28H32F2N6O2. The molecule has 8 nitrogen and oxygen atoms in total. The van der Waals surface area contributed by atoms with Gasteiger partial charge in [0.2, 0.25) is 0 Å². The lowest BCUT2D eigenvalue weighted by atomic mass is 9.95. The standard InChI is InChI=1S/C28H32F2N6O2/c1-16-4-2-5-21(37)22(16)25-23(30)24-20(11-31-25)26(35-13-18-6-7-19(14-35)32-18)34-27(33-24)38-15-28-8-3-9-36(28)12-17(29)10-28/h2,4-5,11,17-19,32,37H,3,6-10,12-15H2,1H3/t17-,18?,19?,28?/m1/s1. The van der Waals surface area contributed by atoms with E-state index in [1.54, 1.807) is 12.3 Å². The van der Waals surface area contributed by atoms with Crippen LogP contribution in [0.15, 0.2) is 24.4 Å². The van der Waals surface area contributed by atoms with E-state index in [9.17, 15) is 9.50 Å². The second kappa shape index (κ2) is 8.98. The zero-order valence-corrected chi connectivity index (χ0v) is 21.5. The topological polar surface area (TPSA) is 86.6 Å². The number of piperazine rings is 1. The van der Waals surface area contributed by atoms with Crippen molar-refractivity contribution in [3.05, 3.63) is 35.8 Å². The molecule has 0 aliphatic carbocycles. The number of aromatic hydroxyl groups is 1. The Hall–Kier alpha value is -3.11. The Bertz CT molecular complexity index is 1370. The third kappa shape index (κ3) is 3.88. The van der Waals surface area contributed by atoms with Crippen LogP contribution in [0.2, 0.25) is 0 Å². The van der Waals surface area contributed by atoms with Gasteiger partial charge in [-0.25, -0.2) is 8.78 Å². The van der Waals surface area contributed by atoms with Crippen LogP contribution in [0.5, 0.6) is 11.8 Å². The van der Waals surface area contributed by atoms with Gasteiger partial charge >= 0.3 is 6.01 Å². The van der Waals surface area contributed by atoms with Gasteiger partial charge in [0.15, 0.2) is 5.82 Å². The monoisotopic (exact) mass is 522 g/mol. The number of alkyl halides is 1. The molecule has 1 aromatic carbocycles. The van der Waals surface area contributed by atoms with Crippen molar-refractivity contribution in [1.29, 1.82) is 0 Å². The Morgan fingerprint density at radius 3 is 2.79 bits per heavy atom. The molecule has 4 atom stereocenters. The van der Waals surface area contributed by atoms with Crippen LogP contribution in [-0.4, -0.2) is 81.5 Å². The summed E-state index contributed by atoms with van der Waals surface area (Å²) in [6.07, 6.45) is 5.24. The van der Waals surface area contributed by atoms with Gasteiger partial charge in [0.25, 0.3) is 0 Å². The summed E-state index contributed by atoms with van der Waals surface area (Å²) in [4.78, 5) is 18.1. The first-order chi connectivity index (χ1) is 18.4. The number of hydrogen-bond donors (Lipinski definition) is 2. The molecule has 2 bridgehead atoms. The average Bonchev–Trinajstić information content (AvgIpc) is 3.54. The number of aryl methyl sites for hydroxylation is 1. The lowest BCUT2D eigenvalue weighted by Gasteiger charge is -2.34. The van der Waals surface area contributed by atoms with Crippen molar-refractivity contribution in [2.24, 2.45) is 0 Å². The number of hydrogen-bond acceptors (Lipinski definition) is 8. The molecule has 0 radical (unpaired) electrons. The highest BCUT2D eigenvalue weighted by Gasteiger charge is 2.49. The smallest absolute Gasteiger partial charge is 0.319 e. The first kappa shape index (κ1) is 24.0. The van der Waals surface area contributed by atoms with Crippen LogP contribution < -0.4 is 15.0 Å². The van der Waals surface area contributed by atoms with E-state index < -0.39 is 12.0 Å². The molecule has 4 fully saturated rings. The lowest BCUT2D eigenvalue weighted by Crippen LogP contribution is -2.51. The second-order valence-corrected chi connectivity index (χ2v) is 11.4. The van der Waals surface area contributed by atoms with Crippen molar-refractivity contribution in [3.8, 4) is 23.0 Å². The number of nitrogens with zero attached hydrogens (tertiary/aromatic N) is 5. The molecule has 7 rings (SSSR count). The highest BCUT2D eigenvalue weighted by atomic mass is 19.1. The Balaban J connectivity index is 1.32. The molecule has 0 amide bonds. The molecule has 2 aromatic heterocycles. The van der Waals surface area contributed by atoms with E-state index in [0.29, 0.717) is 47.4 Å². The lowest BCUT2D eigenvalue weighted by molar-refractivity contribution is 0.107. The number of halogens is 2. The summed E-state index contributed by atoms with van der Waals surface area (Å²) in [7, 11) is 0. The van der Waals surface area contributed by atoms with E-state index in [1.165, 1.54) is 6.07 Å². The molecule has 2 N–H and O–H groups in total. The van der Waals surface area contributed by atoms with Crippen molar-refractivity contribution >= 4 is 16.7 Å². The Labute approximate surface area is 220 Å². The number of phenols is 1. The maximum absolute atomic E-state index is 16.2. The normalized spacial score (nSPS) is 28.8. The fourth-order valence-electron chi connectivity index (χ4n) is 7.08. The van der Waals surface area contributed by atoms with Gasteiger partial charge in [0.05, 0.1) is 10.9 Å². The number of benzene rings is 1. The molecular weight excluding hydrogens is 490 g/mol. The first-order valence-corrected chi connectivity index (χ1v) is 13.6. The van der Waals surface area contributed by atoms with E-state index in [1.807, 2.05) is 13.0 Å². The third-order valence-electron chi connectivity index (χ3n) is 8.88. The predicted octanol–water partition coefficient (Wildman–Crippen LogP) is 3.74. The van der Waals surface area contributed by atoms with Crippen LogP contribution in [0, 0.1) is 12.7 Å². The van der Waals surface area contributed by atoms with Crippen molar-refractivity contribution in [1.82, 2.24) is 25.2 Å². The van der Waals surface area contributed by atoms with Crippen LogP contribution >= 0.6 is 0 Å². The van der Waals surface area contributed by atoms with Gasteiger partial charge in [-0.15, -0.1) is 0 Å². The molecule has 4 saturated heterocycles. The van der Waals surface area contributed by atoms with Crippen LogP contribution in [0.25, 0.3) is 22.2 Å². The summed E-state index contributed by atoms with van der Waals surface area (Å²) >= 11 is 0. The largest absolute Gasteiger partial charge is 0.507 e. The van der Waals surface area contributed by atoms with Gasteiger partial charge < -0.3 is 20.1 Å². The SMILES string of the molecule is Cc1cccc(O)c1-c1ncc2c(N3CC4CCC(C3)N4)nc(OCC34CCCN3C[C@H](F)C4)nc2c1F. The van der Waals surface area contributed by atoms with Crippen LogP contribution in [0.4, 0.5) is 14.6 Å². The van der Waals surface area contributed by atoms with E-state index >= 15 is 4.39 Å². The Morgan fingerprint density at radius 1 is 1.18 bits per heavy atom. The summed E-state index contributed by atoms with van der Waals surface area (Å²) in [5.41, 5.74) is 0.846. The molecule has 0 spiro atoms. The molecule has 3 aromatic rings. The van der Waals surface area contributed by atoms with Crippen LogP contribution in [0.1, 0.15) is 37.7 Å². The number of rotatable bonds is 5. The summed E-state index contributed by atoms with van der Waals surface area (Å²) in [5.74, 6) is -0.0578. The van der Waals surface area contributed by atoms with Gasteiger partial charge in [0.1, 0.15) is 35.6 Å². The summed E-state index contributed by atoms with van der Waals surface area (Å²) in [6.45, 7) is 4.88. The number of phenolic OH excluding ortho intramolecular Hbond substituents is 1. The minimum absolute atomic E-state index is 0.0392. The molecule has 38 heavy (non-hydrogen) atoms. The summed E-state index contributed by atoms with van der Waals surface area (Å²) in [6, 6.07) is 5.85. The number of anilines is 1. The van der Waals surface area contributed by atoms with Gasteiger partial charge in [-0.1, -0.05) is 12.1 Å². The van der Waals surface area contributed by atoms with Gasteiger partial charge in [-0.05, 0) is 50.8 Å². The van der Waals surface area contributed by atoms with E-state index in [0.717, 1.165) is 45.3 Å². The highest BCUT2D eigenvalue weighted by Crippen LogP contribution is 2.41. The average molecular weight is 523 g/mol. The number of aromatic nitrogens is 3. The first-order valence-electron chi connectivity index (χ1n) is 13.6. The zero-order chi connectivity index (χ0) is 26.0. The van der Waals surface area contributed by atoms with E-state index in [4.69, 9.17) is 9.72 Å². The zero-order valence-electron chi connectivity index (χ0n) is 21.5. The van der Waals surface area contributed by atoms with E-state index in [2.05, 4.69) is 25.1 Å². The molecule has 200 valence electrons. The van der Waals surface area contributed by atoms with Gasteiger partial charge in [-0.2, -0.15) is 9.97 Å². The fourth-order valence-corrected chi connectivity index (χ4v) is 7.08. The molecule has 10 heteroatoms. The summed E-state index contributed by atoms with van der Waals surface area (Å²) in [5, 5.41) is 14.7. The number of nitrogens with one attached hydrogen (secondary N) is 1. The highest BCUT2D eigenvalue weighted by molar-refractivity contribution is 5.92. The van der Waals surface area contributed by atoms with Crippen molar-refractivity contribution in [2.45, 2.75) is 62.8 Å². The Morgan fingerprint density at radius 2 is 2.00 bits per heavy atom. The van der Waals surface area contributed by atoms with Crippen molar-refractivity contribution < 1.29 is 18.6 Å². The van der Waals surface area contributed by atoms with E-state index in [-0.39, 0.29) is 35.1 Å². The van der Waals surface area contributed by atoms with Gasteiger partial charge in [-0.3, -0.25) is 9.88 Å². The fraction of sp³-hybridized carbons (Fsp3) is 0.536. The Kier molecular flexibility index (Phi) is 5.66. The number of ether oxygens (including phenoxy) is 1. The van der Waals surface area contributed by atoms with Gasteiger partial charge in [0, 0.05) is 49.9 Å². The number of pyridine rings is 1. The molecule has 3 unspecified atom stereocenters. The summed E-state index contributed by atoms with van der Waals surface area (Å²) < 4.78 is 36.7. The van der Waals surface area contributed by atoms with Crippen LogP contribution in [-0.2, 0) is 0 Å².